The summed E-state index contributed by atoms with van der Waals surface area (Å²) in [6.45, 7) is 2.72. The number of hydrogen-bond donors (Lipinski definition) is 3. The zero-order valence-electron chi connectivity index (χ0n) is 11.5. The second kappa shape index (κ2) is 7.16. The standard InChI is InChI=1S/C12H16N2O6S/c1-8(2)14-21(18,19)10-5-3-9(4-6-10)12(17)13-20-7-11(15)16/h3-6,8,14H,7H2,1-2H3,(H,13,17)(H,15,16). The van der Waals surface area contributed by atoms with Gasteiger partial charge in [-0.15, -0.1) is 0 Å². The highest BCUT2D eigenvalue weighted by molar-refractivity contribution is 7.89. The predicted molar refractivity (Wildman–Crippen MR) is 73.0 cm³/mol. The summed E-state index contributed by atoms with van der Waals surface area (Å²) in [5, 5.41) is 8.34. The summed E-state index contributed by atoms with van der Waals surface area (Å²) in [7, 11) is -3.62. The Kier molecular flexibility index (Phi) is 5.82. The molecule has 21 heavy (non-hydrogen) atoms. The molecular weight excluding hydrogens is 300 g/mol. The lowest BCUT2D eigenvalue weighted by molar-refractivity contribution is -0.144. The smallest absolute Gasteiger partial charge is 0.332 e. The fraction of sp³-hybridized carbons (Fsp3) is 0.333. The summed E-state index contributed by atoms with van der Waals surface area (Å²) in [5.74, 6) is -1.89. The molecule has 8 nitrogen and oxygen atoms in total. The van der Waals surface area contributed by atoms with E-state index in [2.05, 4.69) is 9.56 Å². The lowest BCUT2D eigenvalue weighted by atomic mass is 10.2. The van der Waals surface area contributed by atoms with Gasteiger partial charge in [0.15, 0.2) is 6.61 Å². The Balaban J connectivity index is 2.74. The number of hydrogen-bond acceptors (Lipinski definition) is 5. The second-order valence-electron chi connectivity index (χ2n) is 4.41. The van der Waals surface area contributed by atoms with E-state index in [1.54, 1.807) is 13.8 Å². The van der Waals surface area contributed by atoms with Crippen LogP contribution in [0.15, 0.2) is 29.2 Å². The van der Waals surface area contributed by atoms with Crippen molar-refractivity contribution in [1.29, 1.82) is 0 Å². The third-order valence-corrected chi connectivity index (χ3v) is 3.85. The van der Waals surface area contributed by atoms with Gasteiger partial charge in [0, 0.05) is 11.6 Å². The molecular formula is C12H16N2O6S. The van der Waals surface area contributed by atoms with Crippen LogP contribution in [-0.4, -0.2) is 38.0 Å². The second-order valence-corrected chi connectivity index (χ2v) is 6.13. The van der Waals surface area contributed by atoms with E-state index in [0.29, 0.717) is 0 Å². The number of benzene rings is 1. The first-order valence-corrected chi connectivity index (χ1v) is 7.47. The minimum Gasteiger partial charge on any atom is -0.479 e. The minimum absolute atomic E-state index is 0.0270. The Bertz CT molecular complexity index is 609. The summed E-state index contributed by atoms with van der Waals surface area (Å²) in [4.78, 5) is 26.2. The van der Waals surface area contributed by atoms with Gasteiger partial charge in [0.25, 0.3) is 5.91 Å². The number of carboxylic acid groups (broad SMARTS) is 1. The summed E-state index contributed by atoms with van der Waals surface area (Å²) < 4.78 is 26.2. The average molecular weight is 316 g/mol. The van der Waals surface area contributed by atoms with Gasteiger partial charge in [0.2, 0.25) is 10.0 Å². The van der Waals surface area contributed by atoms with Gasteiger partial charge in [-0.3, -0.25) is 9.63 Å². The van der Waals surface area contributed by atoms with E-state index >= 15 is 0 Å². The number of amides is 1. The fourth-order valence-electron chi connectivity index (χ4n) is 1.39. The summed E-state index contributed by atoms with van der Waals surface area (Å²) in [5.41, 5.74) is 2.08. The molecule has 0 unspecified atom stereocenters. The van der Waals surface area contributed by atoms with Crippen molar-refractivity contribution < 1.29 is 28.0 Å². The highest BCUT2D eigenvalue weighted by Crippen LogP contribution is 2.11. The SMILES string of the molecule is CC(C)NS(=O)(=O)c1ccc(C(=O)NOCC(=O)O)cc1. The molecule has 0 saturated heterocycles. The molecule has 0 bridgehead atoms. The van der Waals surface area contributed by atoms with Crippen LogP contribution < -0.4 is 10.2 Å². The van der Waals surface area contributed by atoms with Crippen LogP contribution in [0.2, 0.25) is 0 Å². The maximum Gasteiger partial charge on any atom is 0.332 e. The minimum atomic E-state index is -3.62. The molecule has 1 amide bonds. The Hall–Kier alpha value is -1.97. The lowest BCUT2D eigenvalue weighted by Crippen LogP contribution is -2.30. The molecule has 3 N–H and O–H groups in total. The molecule has 9 heteroatoms. The van der Waals surface area contributed by atoms with Gasteiger partial charge in [-0.2, -0.15) is 0 Å². The van der Waals surface area contributed by atoms with E-state index in [4.69, 9.17) is 5.11 Å². The number of nitrogens with one attached hydrogen (secondary N) is 2. The fourth-order valence-corrected chi connectivity index (χ4v) is 2.64. The van der Waals surface area contributed by atoms with Crippen LogP contribution in [0, 0.1) is 0 Å². The Morgan fingerprint density at radius 3 is 2.29 bits per heavy atom. The van der Waals surface area contributed by atoms with E-state index in [9.17, 15) is 18.0 Å². The maximum absolute atomic E-state index is 11.9. The highest BCUT2D eigenvalue weighted by Gasteiger charge is 2.16. The Morgan fingerprint density at radius 2 is 1.81 bits per heavy atom. The molecule has 0 spiro atoms. The van der Waals surface area contributed by atoms with Gasteiger partial charge < -0.3 is 5.11 Å². The van der Waals surface area contributed by atoms with E-state index in [1.807, 2.05) is 5.48 Å². The van der Waals surface area contributed by atoms with Gasteiger partial charge in [-0.05, 0) is 38.1 Å². The monoisotopic (exact) mass is 316 g/mol. The van der Waals surface area contributed by atoms with E-state index in [1.165, 1.54) is 24.3 Å². The van der Waals surface area contributed by atoms with Crippen LogP contribution in [0.3, 0.4) is 0 Å². The number of rotatable bonds is 7. The first-order valence-electron chi connectivity index (χ1n) is 5.98. The van der Waals surface area contributed by atoms with Crippen LogP contribution in [0.1, 0.15) is 24.2 Å². The van der Waals surface area contributed by atoms with Crippen molar-refractivity contribution in [2.45, 2.75) is 24.8 Å². The van der Waals surface area contributed by atoms with Crippen molar-refractivity contribution in [2.24, 2.45) is 0 Å². The normalized spacial score (nSPS) is 11.4. The summed E-state index contributed by atoms with van der Waals surface area (Å²) in [6, 6.07) is 4.90. The van der Waals surface area contributed by atoms with Crippen molar-refractivity contribution in [3.05, 3.63) is 29.8 Å². The van der Waals surface area contributed by atoms with Gasteiger partial charge >= 0.3 is 5.97 Å². The molecule has 0 aliphatic rings. The molecule has 0 radical (unpaired) electrons. The third-order valence-electron chi connectivity index (χ3n) is 2.18. The third kappa shape index (κ3) is 5.50. The zero-order valence-corrected chi connectivity index (χ0v) is 12.3. The molecule has 0 saturated carbocycles. The Morgan fingerprint density at radius 1 is 1.24 bits per heavy atom. The number of aliphatic carboxylic acids is 1. The zero-order chi connectivity index (χ0) is 16.0. The molecule has 0 aliphatic carbocycles. The van der Waals surface area contributed by atoms with E-state index in [0.717, 1.165) is 0 Å². The molecule has 1 rings (SSSR count). The van der Waals surface area contributed by atoms with Gasteiger partial charge in [-0.25, -0.2) is 23.4 Å². The van der Waals surface area contributed by atoms with Crippen LogP contribution in [0.4, 0.5) is 0 Å². The van der Waals surface area contributed by atoms with Crippen LogP contribution in [-0.2, 0) is 19.7 Å². The van der Waals surface area contributed by atoms with Crippen molar-refractivity contribution in [1.82, 2.24) is 10.2 Å². The molecule has 0 atom stereocenters. The average Bonchev–Trinajstić information content (AvgIpc) is 2.37. The quantitative estimate of drug-likeness (QED) is 0.614. The Labute approximate surface area is 122 Å². The van der Waals surface area contributed by atoms with Crippen LogP contribution >= 0.6 is 0 Å². The van der Waals surface area contributed by atoms with E-state index < -0.39 is 28.5 Å². The van der Waals surface area contributed by atoms with Crippen molar-refractivity contribution in [2.75, 3.05) is 6.61 Å². The van der Waals surface area contributed by atoms with Gasteiger partial charge in [-0.1, -0.05) is 0 Å². The summed E-state index contributed by atoms with van der Waals surface area (Å²) >= 11 is 0. The van der Waals surface area contributed by atoms with Crippen molar-refractivity contribution in [3.63, 3.8) is 0 Å². The number of carboxylic acids is 1. The largest absolute Gasteiger partial charge is 0.479 e. The molecule has 0 aliphatic heterocycles. The summed E-state index contributed by atoms with van der Waals surface area (Å²) in [6.07, 6.45) is 0. The van der Waals surface area contributed by atoms with Crippen LogP contribution in [0.25, 0.3) is 0 Å². The molecule has 0 fully saturated rings. The van der Waals surface area contributed by atoms with Crippen LogP contribution in [0.5, 0.6) is 0 Å². The number of carbonyl (C=O) groups is 2. The number of sulfonamides is 1. The van der Waals surface area contributed by atoms with Crippen molar-refractivity contribution >= 4 is 21.9 Å². The van der Waals surface area contributed by atoms with Gasteiger partial charge in [0.05, 0.1) is 4.90 Å². The first-order chi connectivity index (χ1) is 9.72. The molecule has 1 aromatic rings. The lowest BCUT2D eigenvalue weighted by Gasteiger charge is -2.10. The van der Waals surface area contributed by atoms with E-state index in [-0.39, 0.29) is 16.5 Å². The number of hydroxylamine groups is 1. The molecule has 1 aromatic carbocycles. The first kappa shape index (κ1) is 17.1. The van der Waals surface area contributed by atoms with Gasteiger partial charge in [0.1, 0.15) is 0 Å². The van der Waals surface area contributed by atoms with Crippen molar-refractivity contribution in [3.8, 4) is 0 Å². The molecule has 116 valence electrons. The predicted octanol–water partition coefficient (Wildman–Crippen LogP) is 0.119. The maximum atomic E-state index is 11.9. The highest BCUT2D eigenvalue weighted by atomic mass is 32.2. The molecule has 0 aromatic heterocycles. The molecule has 0 heterocycles. The topological polar surface area (TPSA) is 122 Å². The number of carbonyl (C=O) groups excluding carboxylic acids is 1.